The standard InChI is InChI=1S/C20H27N5O3.2ClH/c26-20(19-16-14-21-6-5-17(16)23-24-19)22-13-15-3-1-2-4-18(15)28-12-9-25-7-10-27-11-8-25;;/h1-4,21H,5-14H2,(H,22,26)(H,23,24);2*1H. The summed E-state index contributed by atoms with van der Waals surface area (Å²) in [5, 5.41) is 13.5. The number of morpholine rings is 1. The lowest BCUT2D eigenvalue weighted by atomic mass is 10.1. The highest BCUT2D eigenvalue weighted by Gasteiger charge is 2.21. The van der Waals surface area contributed by atoms with Crippen LogP contribution in [0, 0.1) is 0 Å². The highest BCUT2D eigenvalue weighted by atomic mass is 35.5. The first-order valence-corrected chi connectivity index (χ1v) is 9.87. The molecule has 166 valence electrons. The average Bonchev–Trinajstić information content (AvgIpc) is 3.18. The lowest BCUT2D eigenvalue weighted by molar-refractivity contribution is 0.0322. The molecule has 2 aliphatic rings. The summed E-state index contributed by atoms with van der Waals surface area (Å²) in [6.45, 7) is 6.95. The zero-order valence-corrected chi connectivity index (χ0v) is 18.4. The third-order valence-electron chi connectivity index (χ3n) is 5.20. The van der Waals surface area contributed by atoms with Crippen molar-refractivity contribution in [3.8, 4) is 5.75 Å². The number of H-pyrrole nitrogens is 1. The van der Waals surface area contributed by atoms with E-state index in [2.05, 4.69) is 25.7 Å². The number of carbonyl (C=O) groups excluding carboxylic acids is 1. The molecule has 0 saturated carbocycles. The molecule has 1 fully saturated rings. The zero-order chi connectivity index (χ0) is 19.2. The molecule has 0 spiro atoms. The second-order valence-electron chi connectivity index (χ2n) is 7.05. The number of nitrogens with one attached hydrogen (secondary N) is 3. The van der Waals surface area contributed by atoms with Crippen molar-refractivity contribution in [2.45, 2.75) is 19.5 Å². The molecule has 1 aromatic carbocycles. The van der Waals surface area contributed by atoms with Gasteiger partial charge < -0.3 is 20.1 Å². The number of aromatic nitrogens is 2. The van der Waals surface area contributed by atoms with Gasteiger partial charge in [-0.1, -0.05) is 18.2 Å². The number of fused-ring (bicyclic) bond motifs is 1. The van der Waals surface area contributed by atoms with E-state index in [1.807, 2.05) is 24.3 Å². The van der Waals surface area contributed by atoms with E-state index in [9.17, 15) is 4.79 Å². The lowest BCUT2D eigenvalue weighted by Gasteiger charge is -2.26. The normalized spacial score (nSPS) is 16.0. The molecule has 2 aliphatic heterocycles. The van der Waals surface area contributed by atoms with E-state index < -0.39 is 0 Å². The van der Waals surface area contributed by atoms with Crippen molar-refractivity contribution in [3.05, 3.63) is 46.8 Å². The van der Waals surface area contributed by atoms with Gasteiger partial charge in [-0.15, -0.1) is 24.8 Å². The number of ether oxygens (including phenoxy) is 2. The average molecular weight is 458 g/mol. The molecule has 1 aromatic heterocycles. The highest BCUT2D eigenvalue weighted by molar-refractivity contribution is 5.94. The molecule has 0 bridgehead atoms. The summed E-state index contributed by atoms with van der Waals surface area (Å²) in [5.41, 5.74) is 3.46. The Morgan fingerprint density at radius 1 is 1.23 bits per heavy atom. The van der Waals surface area contributed by atoms with Crippen molar-refractivity contribution in [2.24, 2.45) is 0 Å². The maximum Gasteiger partial charge on any atom is 0.272 e. The fraction of sp³-hybridized carbons (Fsp3) is 0.500. The van der Waals surface area contributed by atoms with E-state index in [4.69, 9.17) is 9.47 Å². The molecule has 30 heavy (non-hydrogen) atoms. The Kier molecular flexibility index (Phi) is 9.87. The third-order valence-corrected chi connectivity index (χ3v) is 5.20. The Balaban J connectivity index is 0.00000160. The fourth-order valence-corrected chi connectivity index (χ4v) is 3.57. The van der Waals surface area contributed by atoms with Crippen LogP contribution >= 0.6 is 24.8 Å². The molecule has 1 saturated heterocycles. The first kappa shape index (κ1) is 24.4. The molecule has 0 atom stereocenters. The maximum atomic E-state index is 12.6. The van der Waals surface area contributed by atoms with Gasteiger partial charge >= 0.3 is 0 Å². The highest BCUT2D eigenvalue weighted by Crippen LogP contribution is 2.19. The number of hydrogen-bond acceptors (Lipinski definition) is 6. The van der Waals surface area contributed by atoms with Gasteiger partial charge in [-0.2, -0.15) is 5.10 Å². The summed E-state index contributed by atoms with van der Waals surface area (Å²) in [6, 6.07) is 7.83. The minimum absolute atomic E-state index is 0. The number of aromatic amines is 1. The summed E-state index contributed by atoms with van der Waals surface area (Å²) in [4.78, 5) is 14.9. The SMILES string of the molecule is Cl.Cl.O=C(NCc1ccccc1OCCN1CCOCC1)c1n[nH]c2c1CNCC2. The number of amides is 1. The van der Waals surface area contributed by atoms with E-state index in [-0.39, 0.29) is 30.7 Å². The first-order valence-electron chi connectivity index (χ1n) is 9.87. The minimum atomic E-state index is -0.163. The van der Waals surface area contributed by atoms with Crippen LogP contribution in [0.3, 0.4) is 0 Å². The van der Waals surface area contributed by atoms with Crippen LogP contribution in [0.4, 0.5) is 0 Å². The molecule has 2 aromatic rings. The zero-order valence-electron chi connectivity index (χ0n) is 16.8. The van der Waals surface area contributed by atoms with Crippen LogP contribution in [0.2, 0.25) is 0 Å². The molecule has 8 nitrogen and oxygen atoms in total. The molecule has 0 unspecified atom stereocenters. The van der Waals surface area contributed by atoms with Crippen LogP contribution in [-0.4, -0.2) is 67.0 Å². The monoisotopic (exact) mass is 457 g/mol. The van der Waals surface area contributed by atoms with Gasteiger partial charge in [0.1, 0.15) is 12.4 Å². The fourth-order valence-electron chi connectivity index (χ4n) is 3.57. The summed E-state index contributed by atoms with van der Waals surface area (Å²) in [5.74, 6) is 0.645. The molecule has 3 N–H and O–H groups in total. The third kappa shape index (κ3) is 6.09. The molecule has 10 heteroatoms. The molecule has 0 aliphatic carbocycles. The van der Waals surface area contributed by atoms with Gasteiger partial charge in [0.25, 0.3) is 5.91 Å². The molecule has 0 radical (unpaired) electrons. The number of hydrogen-bond donors (Lipinski definition) is 3. The van der Waals surface area contributed by atoms with E-state index in [1.165, 1.54) is 0 Å². The van der Waals surface area contributed by atoms with Crippen LogP contribution in [-0.2, 0) is 24.2 Å². The molecule has 4 rings (SSSR count). The summed E-state index contributed by atoms with van der Waals surface area (Å²) in [6.07, 6.45) is 0.870. The summed E-state index contributed by atoms with van der Waals surface area (Å²) >= 11 is 0. The molecule has 1 amide bonds. The number of rotatable bonds is 7. The van der Waals surface area contributed by atoms with Gasteiger partial charge in [0.05, 0.1) is 13.2 Å². The van der Waals surface area contributed by atoms with Gasteiger partial charge in [-0.25, -0.2) is 0 Å². The second kappa shape index (κ2) is 12.1. The number of para-hydroxylation sites is 1. The molecular formula is C20H29Cl2N5O3. The van der Waals surface area contributed by atoms with Gasteiger partial charge in [-0.3, -0.25) is 14.8 Å². The van der Waals surface area contributed by atoms with Gasteiger partial charge in [0, 0.05) is 62.5 Å². The predicted molar refractivity (Wildman–Crippen MR) is 119 cm³/mol. The van der Waals surface area contributed by atoms with Crippen LogP contribution in [0.15, 0.2) is 24.3 Å². The van der Waals surface area contributed by atoms with Crippen molar-refractivity contribution >= 4 is 30.7 Å². The van der Waals surface area contributed by atoms with Crippen LogP contribution in [0.25, 0.3) is 0 Å². The lowest BCUT2D eigenvalue weighted by Crippen LogP contribution is -2.38. The predicted octanol–water partition coefficient (Wildman–Crippen LogP) is 1.54. The first-order chi connectivity index (χ1) is 13.8. The maximum absolute atomic E-state index is 12.6. The minimum Gasteiger partial charge on any atom is -0.492 e. The number of halogens is 2. The van der Waals surface area contributed by atoms with E-state index in [0.717, 1.165) is 68.4 Å². The van der Waals surface area contributed by atoms with Crippen molar-refractivity contribution < 1.29 is 14.3 Å². The second-order valence-corrected chi connectivity index (χ2v) is 7.05. The summed E-state index contributed by atoms with van der Waals surface area (Å²) < 4.78 is 11.4. The summed E-state index contributed by atoms with van der Waals surface area (Å²) in [7, 11) is 0. The van der Waals surface area contributed by atoms with Gasteiger partial charge in [-0.05, 0) is 6.07 Å². The Morgan fingerprint density at radius 3 is 2.87 bits per heavy atom. The largest absolute Gasteiger partial charge is 0.492 e. The van der Waals surface area contributed by atoms with Crippen molar-refractivity contribution in [1.29, 1.82) is 0 Å². The van der Waals surface area contributed by atoms with Crippen molar-refractivity contribution in [1.82, 2.24) is 25.7 Å². The van der Waals surface area contributed by atoms with Gasteiger partial charge in [0.15, 0.2) is 5.69 Å². The van der Waals surface area contributed by atoms with E-state index in [1.54, 1.807) is 0 Å². The number of benzene rings is 1. The topological polar surface area (TPSA) is 91.5 Å². The van der Waals surface area contributed by atoms with Crippen molar-refractivity contribution in [3.63, 3.8) is 0 Å². The Hall–Kier alpha value is -1.84. The van der Waals surface area contributed by atoms with Crippen LogP contribution < -0.4 is 15.4 Å². The van der Waals surface area contributed by atoms with Crippen LogP contribution in [0.5, 0.6) is 5.75 Å². The molecular weight excluding hydrogens is 429 g/mol. The van der Waals surface area contributed by atoms with E-state index >= 15 is 0 Å². The van der Waals surface area contributed by atoms with Crippen LogP contribution in [0.1, 0.15) is 27.3 Å². The molecule has 3 heterocycles. The Labute approximate surface area is 188 Å². The van der Waals surface area contributed by atoms with Gasteiger partial charge in [0.2, 0.25) is 0 Å². The number of nitrogens with zero attached hydrogens (tertiary/aromatic N) is 2. The number of carbonyl (C=O) groups is 1. The van der Waals surface area contributed by atoms with Crippen molar-refractivity contribution in [2.75, 3.05) is 46.0 Å². The quantitative estimate of drug-likeness (QED) is 0.583. The smallest absolute Gasteiger partial charge is 0.272 e. The Morgan fingerprint density at radius 2 is 2.03 bits per heavy atom. The van der Waals surface area contributed by atoms with E-state index in [0.29, 0.717) is 25.4 Å². The Bertz CT molecular complexity index is 811.